The first-order chi connectivity index (χ1) is 8.75. The summed E-state index contributed by atoms with van der Waals surface area (Å²) in [4.78, 5) is 14.1. The van der Waals surface area contributed by atoms with Crippen LogP contribution in [0.15, 0.2) is 0 Å². The third kappa shape index (κ3) is 5.70. The fourth-order valence-corrected chi connectivity index (χ4v) is 3.37. The monoisotopic (exact) mass is 288 g/mol. The highest BCUT2D eigenvalue weighted by molar-refractivity contribution is 5.85. The predicted octanol–water partition coefficient (Wildman–Crippen LogP) is 2.84. The van der Waals surface area contributed by atoms with E-state index in [4.69, 9.17) is 0 Å². The summed E-state index contributed by atoms with van der Waals surface area (Å²) in [6.07, 6.45) is 9.73. The van der Waals surface area contributed by atoms with Crippen molar-refractivity contribution >= 4 is 18.3 Å². The molecule has 0 unspecified atom stereocenters. The highest BCUT2D eigenvalue weighted by Crippen LogP contribution is 2.25. The molecule has 1 saturated heterocycles. The number of hydrogen-bond donors (Lipinski definition) is 1. The SMILES string of the molecule is CN(CC1CCCC1)C(=O)CCC1CCNCC1.Cl. The number of amides is 1. The van der Waals surface area contributed by atoms with Gasteiger partial charge in [-0.1, -0.05) is 12.8 Å². The summed E-state index contributed by atoms with van der Waals surface area (Å²) in [6.45, 7) is 3.26. The van der Waals surface area contributed by atoms with Gasteiger partial charge in [-0.05, 0) is 57.0 Å². The fraction of sp³-hybridized carbons (Fsp3) is 0.933. The molecule has 0 aromatic rings. The number of nitrogens with one attached hydrogen (secondary N) is 1. The van der Waals surface area contributed by atoms with Crippen LogP contribution in [0, 0.1) is 11.8 Å². The molecule has 0 aromatic heterocycles. The van der Waals surface area contributed by atoms with Crippen molar-refractivity contribution in [2.24, 2.45) is 11.8 Å². The maximum atomic E-state index is 12.1. The van der Waals surface area contributed by atoms with E-state index in [1.54, 1.807) is 0 Å². The topological polar surface area (TPSA) is 32.3 Å². The second-order valence-corrected chi connectivity index (χ2v) is 6.16. The number of rotatable bonds is 5. The van der Waals surface area contributed by atoms with Crippen LogP contribution in [0.4, 0.5) is 0 Å². The lowest BCUT2D eigenvalue weighted by atomic mass is 9.93. The Kier molecular flexibility index (Phi) is 7.77. The van der Waals surface area contributed by atoms with Gasteiger partial charge in [-0.2, -0.15) is 0 Å². The first-order valence-corrected chi connectivity index (χ1v) is 7.70. The van der Waals surface area contributed by atoms with E-state index in [9.17, 15) is 4.79 Å². The largest absolute Gasteiger partial charge is 0.345 e. The molecule has 1 aliphatic heterocycles. The van der Waals surface area contributed by atoms with Crippen molar-refractivity contribution in [1.29, 1.82) is 0 Å². The van der Waals surface area contributed by atoms with Crippen LogP contribution in [0.2, 0.25) is 0 Å². The van der Waals surface area contributed by atoms with Crippen molar-refractivity contribution in [3.05, 3.63) is 0 Å². The van der Waals surface area contributed by atoms with Gasteiger partial charge in [0.25, 0.3) is 0 Å². The molecule has 4 heteroatoms. The minimum absolute atomic E-state index is 0. The first-order valence-electron chi connectivity index (χ1n) is 7.70. The van der Waals surface area contributed by atoms with Crippen molar-refractivity contribution in [3.63, 3.8) is 0 Å². The van der Waals surface area contributed by atoms with E-state index >= 15 is 0 Å². The van der Waals surface area contributed by atoms with Crippen molar-refractivity contribution in [1.82, 2.24) is 10.2 Å². The Morgan fingerprint density at radius 1 is 1.11 bits per heavy atom. The van der Waals surface area contributed by atoms with Crippen molar-refractivity contribution in [2.45, 2.75) is 51.4 Å². The first kappa shape index (κ1) is 16.8. The van der Waals surface area contributed by atoms with Crippen LogP contribution < -0.4 is 5.32 Å². The highest BCUT2D eigenvalue weighted by Gasteiger charge is 2.20. The number of carbonyl (C=O) groups is 1. The van der Waals surface area contributed by atoms with Crippen LogP contribution in [0.3, 0.4) is 0 Å². The number of piperidine rings is 1. The smallest absolute Gasteiger partial charge is 0.222 e. The molecule has 0 spiro atoms. The van der Waals surface area contributed by atoms with Gasteiger partial charge in [0.05, 0.1) is 0 Å². The Balaban J connectivity index is 0.00000180. The van der Waals surface area contributed by atoms with Crippen LogP contribution in [-0.2, 0) is 4.79 Å². The Labute approximate surface area is 123 Å². The van der Waals surface area contributed by atoms with Crippen LogP contribution >= 0.6 is 12.4 Å². The lowest BCUT2D eigenvalue weighted by molar-refractivity contribution is -0.130. The highest BCUT2D eigenvalue weighted by atomic mass is 35.5. The third-order valence-corrected chi connectivity index (χ3v) is 4.66. The van der Waals surface area contributed by atoms with Gasteiger partial charge in [0.1, 0.15) is 0 Å². The molecule has 0 atom stereocenters. The van der Waals surface area contributed by atoms with Crippen LogP contribution in [0.25, 0.3) is 0 Å². The lowest BCUT2D eigenvalue weighted by Gasteiger charge is -2.25. The van der Waals surface area contributed by atoms with E-state index in [0.717, 1.165) is 44.3 Å². The van der Waals surface area contributed by atoms with Gasteiger partial charge in [0.15, 0.2) is 0 Å². The summed E-state index contributed by atoms with van der Waals surface area (Å²) in [5.41, 5.74) is 0. The number of hydrogen-bond acceptors (Lipinski definition) is 2. The van der Waals surface area contributed by atoms with E-state index < -0.39 is 0 Å². The standard InChI is InChI=1S/C15H28N2O.ClH/c1-17(12-14-4-2-3-5-14)15(18)7-6-13-8-10-16-11-9-13;/h13-14,16H,2-12H2,1H3;1H. The van der Waals surface area contributed by atoms with Gasteiger partial charge < -0.3 is 10.2 Å². The maximum Gasteiger partial charge on any atom is 0.222 e. The number of nitrogens with zero attached hydrogens (tertiary/aromatic N) is 1. The fourth-order valence-electron chi connectivity index (χ4n) is 3.37. The molecule has 0 radical (unpaired) electrons. The molecular weight excluding hydrogens is 260 g/mol. The van der Waals surface area contributed by atoms with Crippen molar-refractivity contribution in [3.8, 4) is 0 Å². The summed E-state index contributed by atoms with van der Waals surface area (Å²) in [7, 11) is 1.99. The molecule has 1 N–H and O–H groups in total. The van der Waals surface area contributed by atoms with Gasteiger partial charge in [-0.3, -0.25) is 4.79 Å². The zero-order chi connectivity index (χ0) is 12.8. The van der Waals surface area contributed by atoms with Crippen LogP contribution in [0.5, 0.6) is 0 Å². The molecule has 0 aromatic carbocycles. The molecule has 2 aliphatic rings. The third-order valence-electron chi connectivity index (χ3n) is 4.66. The average Bonchev–Trinajstić information content (AvgIpc) is 2.90. The second kappa shape index (κ2) is 8.80. The van der Waals surface area contributed by atoms with E-state index in [0.29, 0.717) is 5.91 Å². The molecule has 1 aliphatic carbocycles. The molecule has 1 amide bonds. The molecule has 2 rings (SSSR count). The Hall–Kier alpha value is -0.280. The second-order valence-electron chi connectivity index (χ2n) is 6.16. The van der Waals surface area contributed by atoms with E-state index in [1.807, 2.05) is 11.9 Å². The molecule has 112 valence electrons. The minimum atomic E-state index is 0. The van der Waals surface area contributed by atoms with E-state index in [1.165, 1.54) is 38.5 Å². The van der Waals surface area contributed by atoms with Gasteiger partial charge >= 0.3 is 0 Å². The quantitative estimate of drug-likeness (QED) is 0.844. The molecule has 3 nitrogen and oxygen atoms in total. The zero-order valence-electron chi connectivity index (χ0n) is 12.2. The number of carbonyl (C=O) groups excluding carboxylic acids is 1. The van der Waals surface area contributed by atoms with Gasteiger partial charge in [0.2, 0.25) is 5.91 Å². The van der Waals surface area contributed by atoms with Crippen LogP contribution in [-0.4, -0.2) is 37.5 Å². The molecule has 1 saturated carbocycles. The van der Waals surface area contributed by atoms with Crippen molar-refractivity contribution in [2.75, 3.05) is 26.7 Å². The molecule has 1 heterocycles. The summed E-state index contributed by atoms with van der Waals surface area (Å²) < 4.78 is 0. The molecule has 0 bridgehead atoms. The van der Waals surface area contributed by atoms with Gasteiger partial charge in [0, 0.05) is 20.0 Å². The Bertz CT molecular complexity index is 261. The molecule has 2 fully saturated rings. The van der Waals surface area contributed by atoms with Crippen molar-refractivity contribution < 1.29 is 4.79 Å². The number of halogens is 1. The van der Waals surface area contributed by atoms with Gasteiger partial charge in [-0.25, -0.2) is 0 Å². The zero-order valence-corrected chi connectivity index (χ0v) is 13.0. The van der Waals surface area contributed by atoms with E-state index in [2.05, 4.69) is 5.32 Å². The summed E-state index contributed by atoms with van der Waals surface area (Å²) in [5.74, 6) is 1.91. The molecule has 19 heavy (non-hydrogen) atoms. The van der Waals surface area contributed by atoms with Crippen LogP contribution in [0.1, 0.15) is 51.4 Å². The van der Waals surface area contributed by atoms with E-state index in [-0.39, 0.29) is 12.4 Å². The summed E-state index contributed by atoms with van der Waals surface area (Å²) in [5, 5.41) is 3.38. The van der Waals surface area contributed by atoms with Gasteiger partial charge in [-0.15, -0.1) is 12.4 Å². The predicted molar refractivity (Wildman–Crippen MR) is 81.7 cm³/mol. The Morgan fingerprint density at radius 2 is 1.74 bits per heavy atom. The lowest BCUT2D eigenvalue weighted by Crippen LogP contribution is -2.32. The minimum Gasteiger partial charge on any atom is -0.345 e. The average molecular weight is 289 g/mol. The molecular formula is C15H29ClN2O. The normalized spacial score (nSPS) is 21.1. The maximum absolute atomic E-state index is 12.1. The summed E-state index contributed by atoms with van der Waals surface area (Å²) >= 11 is 0. The Morgan fingerprint density at radius 3 is 2.37 bits per heavy atom. The summed E-state index contributed by atoms with van der Waals surface area (Å²) in [6, 6.07) is 0.